The number of hydrogen-bond donors (Lipinski definition) is 1. The van der Waals surface area contributed by atoms with Crippen LogP contribution in [0.4, 0.5) is 0 Å². The van der Waals surface area contributed by atoms with Gasteiger partial charge in [-0.3, -0.25) is 0 Å². The van der Waals surface area contributed by atoms with Crippen LogP contribution in [-0.2, 0) is 4.74 Å². The zero-order valence-corrected chi connectivity index (χ0v) is 6.77. The zero-order valence-electron chi connectivity index (χ0n) is 6.02. The molecule has 0 spiro atoms. The van der Waals surface area contributed by atoms with Gasteiger partial charge in [0.05, 0.1) is 4.87 Å². The summed E-state index contributed by atoms with van der Waals surface area (Å²) in [6.07, 6.45) is -0.187. The number of aliphatic hydroxyl groups is 1. The average Bonchev–Trinajstić information content (AvgIpc) is 1.86. The highest BCUT2D eigenvalue weighted by atomic mass is 35.5. The van der Waals surface area contributed by atoms with E-state index in [1.165, 1.54) is 7.11 Å². The first-order valence-electron chi connectivity index (χ1n) is 2.94. The predicted molar refractivity (Wildman–Crippen MR) is 37.6 cm³/mol. The lowest BCUT2D eigenvalue weighted by atomic mass is 10.1. The monoisotopic (exact) mass is 152 g/mol. The van der Waals surface area contributed by atoms with Gasteiger partial charge in [0.25, 0.3) is 0 Å². The van der Waals surface area contributed by atoms with E-state index >= 15 is 0 Å². The summed E-state index contributed by atoms with van der Waals surface area (Å²) in [6.45, 7) is 3.64. The molecule has 0 aliphatic carbocycles. The number of halogens is 1. The molecule has 56 valence electrons. The highest BCUT2D eigenvalue weighted by Crippen LogP contribution is 2.23. The normalized spacial score (nSPS) is 21.0. The van der Waals surface area contributed by atoms with E-state index in [0.717, 1.165) is 0 Å². The third kappa shape index (κ3) is 2.52. The molecule has 9 heavy (non-hydrogen) atoms. The summed E-state index contributed by atoms with van der Waals surface area (Å²) in [6, 6.07) is 0. The molecule has 0 saturated heterocycles. The lowest BCUT2D eigenvalue weighted by Gasteiger charge is -2.24. The van der Waals surface area contributed by atoms with E-state index in [2.05, 4.69) is 4.74 Å². The van der Waals surface area contributed by atoms with Crippen molar-refractivity contribution in [2.45, 2.75) is 31.4 Å². The van der Waals surface area contributed by atoms with Crippen LogP contribution in [-0.4, -0.2) is 23.4 Å². The van der Waals surface area contributed by atoms with Gasteiger partial charge in [0.15, 0.2) is 6.29 Å². The maximum atomic E-state index is 9.03. The van der Waals surface area contributed by atoms with Gasteiger partial charge in [0.1, 0.15) is 0 Å². The van der Waals surface area contributed by atoms with Gasteiger partial charge in [-0.2, -0.15) is 0 Å². The molecule has 0 aromatic rings. The van der Waals surface area contributed by atoms with Crippen LogP contribution in [0.2, 0.25) is 0 Å². The minimum absolute atomic E-state index is 0.644. The molecule has 1 unspecified atom stereocenters. The Morgan fingerprint density at radius 2 is 2.22 bits per heavy atom. The predicted octanol–water partition coefficient (Wildman–Crippen LogP) is 1.36. The molecule has 0 amide bonds. The van der Waals surface area contributed by atoms with E-state index in [0.29, 0.717) is 6.42 Å². The summed E-state index contributed by atoms with van der Waals surface area (Å²) in [5.74, 6) is 0. The Balaban J connectivity index is 3.80. The van der Waals surface area contributed by atoms with Crippen LogP contribution in [0, 0.1) is 0 Å². The summed E-state index contributed by atoms with van der Waals surface area (Å²) < 4.78 is 4.63. The lowest BCUT2D eigenvalue weighted by Crippen LogP contribution is -2.34. The van der Waals surface area contributed by atoms with Gasteiger partial charge in [0, 0.05) is 7.11 Å². The van der Waals surface area contributed by atoms with Crippen LogP contribution in [0.5, 0.6) is 0 Å². The van der Waals surface area contributed by atoms with E-state index in [9.17, 15) is 0 Å². The number of alkyl halides is 1. The van der Waals surface area contributed by atoms with Crippen LogP contribution < -0.4 is 0 Å². The van der Waals surface area contributed by atoms with Crippen molar-refractivity contribution in [1.29, 1.82) is 0 Å². The maximum absolute atomic E-state index is 9.03. The Morgan fingerprint density at radius 3 is 2.33 bits per heavy atom. The summed E-state index contributed by atoms with van der Waals surface area (Å²) in [4.78, 5) is -0.644. The van der Waals surface area contributed by atoms with Gasteiger partial charge in [-0.15, -0.1) is 11.6 Å². The van der Waals surface area contributed by atoms with E-state index in [4.69, 9.17) is 16.7 Å². The number of ether oxygens (including phenoxy) is 1. The molecule has 0 aliphatic rings. The fraction of sp³-hybridized carbons (Fsp3) is 1.00. The SMILES string of the molecule is CC[C@](C)(Cl)C(O)OC. The maximum Gasteiger partial charge on any atom is 0.173 e. The van der Waals surface area contributed by atoms with E-state index in [1.807, 2.05) is 6.92 Å². The van der Waals surface area contributed by atoms with Gasteiger partial charge in [-0.05, 0) is 13.3 Å². The lowest BCUT2D eigenvalue weighted by molar-refractivity contribution is -0.0983. The molecule has 2 nitrogen and oxygen atoms in total. The minimum Gasteiger partial charge on any atom is -0.366 e. The van der Waals surface area contributed by atoms with Gasteiger partial charge in [-0.25, -0.2) is 0 Å². The molecular weight excluding hydrogens is 140 g/mol. The number of rotatable bonds is 3. The Hall–Kier alpha value is 0.210. The third-order valence-corrected chi connectivity index (χ3v) is 1.88. The summed E-state index contributed by atoms with van der Waals surface area (Å²) in [5, 5.41) is 9.03. The Kier molecular flexibility index (Phi) is 3.48. The fourth-order valence-corrected chi connectivity index (χ4v) is 0.509. The van der Waals surface area contributed by atoms with Crippen molar-refractivity contribution in [2.75, 3.05) is 7.11 Å². The van der Waals surface area contributed by atoms with E-state index in [-0.39, 0.29) is 0 Å². The van der Waals surface area contributed by atoms with Crippen LogP contribution >= 0.6 is 11.6 Å². The zero-order chi connectivity index (χ0) is 7.49. The molecule has 0 fully saturated rings. The second-order valence-electron chi connectivity index (χ2n) is 2.22. The first-order chi connectivity index (χ1) is 4.04. The highest BCUT2D eigenvalue weighted by molar-refractivity contribution is 6.23. The summed E-state index contributed by atoms with van der Waals surface area (Å²) in [7, 11) is 1.43. The molecule has 2 atom stereocenters. The molecule has 0 aromatic carbocycles. The van der Waals surface area contributed by atoms with Crippen molar-refractivity contribution in [3.8, 4) is 0 Å². The Morgan fingerprint density at radius 1 is 1.78 bits per heavy atom. The quantitative estimate of drug-likeness (QED) is 0.489. The molecular formula is C6H13ClO2. The van der Waals surface area contributed by atoms with Crippen molar-refractivity contribution in [3.63, 3.8) is 0 Å². The van der Waals surface area contributed by atoms with Crippen LogP contribution in [0.25, 0.3) is 0 Å². The first-order valence-corrected chi connectivity index (χ1v) is 3.32. The molecule has 0 bridgehead atoms. The molecule has 0 aliphatic heterocycles. The van der Waals surface area contributed by atoms with Crippen LogP contribution in [0.1, 0.15) is 20.3 Å². The molecule has 0 saturated carbocycles. The van der Waals surface area contributed by atoms with Crippen LogP contribution in [0.15, 0.2) is 0 Å². The molecule has 0 rings (SSSR count). The van der Waals surface area contributed by atoms with Crippen molar-refractivity contribution < 1.29 is 9.84 Å². The van der Waals surface area contributed by atoms with Gasteiger partial charge >= 0.3 is 0 Å². The van der Waals surface area contributed by atoms with Crippen molar-refractivity contribution in [2.24, 2.45) is 0 Å². The van der Waals surface area contributed by atoms with Gasteiger partial charge < -0.3 is 9.84 Å². The number of hydrogen-bond acceptors (Lipinski definition) is 2. The second-order valence-corrected chi connectivity index (χ2v) is 3.08. The molecule has 0 radical (unpaired) electrons. The molecule has 1 N–H and O–H groups in total. The molecule has 3 heteroatoms. The Labute approximate surface area is 60.8 Å². The van der Waals surface area contributed by atoms with Crippen molar-refractivity contribution in [1.82, 2.24) is 0 Å². The molecule has 0 heterocycles. The van der Waals surface area contributed by atoms with Gasteiger partial charge in [-0.1, -0.05) is 6.92 Å². The second kappa shape index (κ2) is 3.40. The Bertz CT molecular complexity index is 83.1. The van der Waals surface area contributed by atoms with Crippen molar-refractivity contribution >= 4 is 11.6 Å². The standard InChI is InChI=1S/C6H13ClO2/c1-4-6(2,7)5(8)9-3/h5,8H,4H2,1-3H3/t5?,6-/m0/s1. The number of methoxy groups -OCH3 is 1. The average molecular weight is 153 g/mol. The highest BCUT2D eigenvalue weighted by Gasteiger charge is 2.27. The largest absolute Gasteiger partial charge is 0.366 e. The summed E-state index contributed by atoms with van der Waals surface area (Å²) >= 11 is 5.80. The third-order valence-electron chi connectivity index (χ3n) is 1.43. The van der Waals surface area contributed by atoms with Crippen LogP contribution in [0.3, 0.4) is 0 Å². The summed E-state index contributed by atoms with van der Waals surface area (Å²) in [5.41, 5.74) is 0. The van der Waals surface area contributed by atoms with Gasteiger partial charge in [0.2, 0.25) is 0 Å². The van der Waals surface area contributed by atoms with E-state index < -0.39 is 11.2 Å². The van der Waals surface area contributed by atoms with E-state index in [1.54, 1.807) is 6.92 Å². The smallest absolute Gasteiger partial charge is 0.173 e. The molecule has 0 aromatic heterocycles. The fourth-order valence-electron chi connectivity index (χ4n) is 0.420. The number of aliphatic hydroxyl groups excluding tert-OH is 1. The topological polar surface area (TPSA) is 29.5 Å². The van der Waals surface area contributed by atoms with Crippen molar-refractivity contribution in [3.05, 3.63) is 0 Å². The first kappa shape index (κ1) is 9.21. The minimum atomic E-state index is -0.871.